The van der Waals surface area contributed by atoms with Gasteiger partial charge in [0.05, 0.1) is 5.75 Å². The second-order valence-corrected chi connectivity index (χ2v) is 7.40. The molecule has 1 rings (SSSR count). The van der Waals surface area contributed by atoms with Crippen LogP contribution in [0.25, 0.3) is 0 Å². The molecule has 0 saturated carbocycles. The molecule has 1 aromatic rings. The van der Waals surface area contributed by atoms with E-state index in [-0.39, 0.29) is 11.8 Å². The van der Waals surface area contributed by atoms with Gasteiger partial charge in [-0.05, 0) is 37.6 Å². The van der Waals surface area contributed by atoms with Gasteiger partial charge in [-0.2, -0.15) is 4.31 Å². The topological polar surface area (TPSA) is 49.4 Å². The molecule has 1 aromatic carbocycles. The lowest BCUT2D eigenvalue weighted by molar-refractivity contribution is 0.397. The van der Waals surface area contributed by atoms with E-state index in [9.17, 15) is 8.42 Å². The minimum absolute atomic E-state index is 0.106. The molecule has 0 spiro atoms. The number of rotatable bonds is 8. The number of benzene rings is 1. The summed E-state index contributed by atoms with van der Waals surface area (Å²) >= 11 is 5.95. The van der Waals surface area contributed by atoms with Crippen LogP contribution in [0.4, 0.5) is 0 Å². The minimum Gasteiger partial charge on any atom is -0.316 e. The maximum absolute atomic E-state index is 12.2. The van der Waals surface area contributed by atoms with Gasteiger partial charge in [-0.15, -0.1) is 0 Å². The van der Waals surface area contributed by atoms with Gasteiger partial charge in [0.25, 0.3) is 0 Å². The highest BCUT2D eigenvalue weighted by Gasteiger charge is 2.23. The standard InChI is InChI=1S/C14H23ClN2O2S/c1-4-8-16-9-10-20(18,19)17(3)12(2)13-6-5-7-14(15)11-13/h5-7,11-12,16H,4,8-10H2,1-3H3. The average molecular weight is 319 g/mol. The van der Waals surface area contributed by atoms with Gasteiger partial charge < -0.3 is 5.32 Å². The van der Waals surface area contributed by atoms with Gasteiger partial charge in [0.2, 0.25) is 10.0 Å². The molecule has 114 valence electrons. The van der Waals surface area contributed by atoms with Gasteiger partial charge in [-0.25, -0.2) is 8.42 Å². The highest BCUT2D eigenvalue weighted by molar-refractivity contribution is 7.89. The van der Waals surface area contributed by atoms with E-state index in [1.165, 1.54) is 4.31 Å². The van der Waals surface area contributed by atoms with E-state index in [4.69, 9.17) is 11.6 Å². The number of hydrogen-bond donors (Lipinski definition) is 1. The molecule has 0 heterocycles. The number of nitrogens with zero attached hydrogens (tertiary/aromatic N) is 1. The average Bonchev–Trinajstić information content (AvgIpc) is 2.42. The van der Waals surface area contributed by atoms with Crippen molar-refractivity contribution in [3.8, 4) is 0 Å². The fourth-order valence-corrected chi connectivity index (χ4v) is 3.36. The zero-order valence-electron chi connectivity index (χ0n) is 12.3. The largest absolute Gasteiger partial charge is 0.316 e. The van der Waals surface area contributed by atoms with Gasteiger partial charge in [-0.1, -0.05) is 30.7 Å². The normalized spacial score (nSPS) is 13.7. The lowest BCUT2D eigenvalue weighted by atomic mass is 10.1. The number of sulfonamides is 1. The van der Waals surface area contributed by atoms with E-state index >= 15 is 0 Å². The van der Waals surface area contributed by atoms with Crippen LogP contribution in [0.15, 0.2) is 24.3 Å². The zero-order chi connectivity index (χ0) is 15.2. The predicted molar refractivity (Wildman–Crippen MR) is 84.6 cm³/mol. The molecule has 0 aliphatic heterocycles. The fourth-order valence-electron chi connectivity index (χ4n) is 1.86. The lowest BCUT2D eigenvalue weighted by Gasteiger charge is -2.25. The first-order chi connectivity index (χ1) is 9.38. The van der Waals surface area contributed by atoms with Crippen LogP contribution < -0.4 is 5.32 Å². The van der Waals surface area contributed by atoms with Gasteiger partial charge in [-0.3, -0.25) is 0 Å². The molecule has 1 unspecified atom stereocenters. The van der Waals surface area contributed by atoms with Crippen LogP contribution in [0, 0.1) is 0 Å². The van der Waals surface area contributed by atoms with Crippen LogP contribution in [0.3, 0.4) is 0 Å². The Balaban J connectivity index is 2.69. The fraction of sp³-hybridized carbons (Fsp3) is 0.571. The van der Waals surface area contributed by atoms with Crippen LogP contribution in [-0.2, 0) is 10.0 Å². The van der Waals surface area contributed by atoms with Crippen molar-refractivity contribution in [2.24, 2.45) is 0 Å². The van der Waals surface area contributed by atoms with Gasteiger partial charge >= 0.3 is 0 Å². The number of halogens is 1. The Morgan fingerprint density at radius 3 is 2.65 bits per heavy atom. The Morgan fingerprint density at radius 1 is 1.35 bits per heavy atom. The molecule has 0 saturated heterocycles. The first-order valence-electron chi connectivity index (χ1n) is 6.80. The Morgan fingerprint density at radius 2 is 2.05 bits per heavy atom. The van der Waals surface area contributed by atoms with E-state index < -0.39 is 10.0 Å². The van der Waals surface area contributed by atoms with E-state index in [0.717, 1.165) is 18.5 Å². The van der Waals surface area contributed by atoms with Crippen LogP contribution >= 0.6 is 11.6 Å². The molecule has 0 radical (unpaired) electrons. The monoisotopic (exact) mass is 318 g/mol. The van der Waals surface area contributed by atoms with Crippen molar-refractivity contribution in [3.63, 3.8) is 0 Å². The summed E-state index contributed by atoms with van der Waals surface area (Å²) in [6.07, 6.45) is 0.995. The van der Waals surface area contributed by atoms with Crippen molar-refractivity contribution in [1.82, 2.24) is 9.62 Å². The van der Waals surface area contributed by atoms with Gasteiger partial charge in [0, 0.05) is 24.7 Å². The van der Waals surface area contributed by atoms with E-state index in [1.54, 1.807) is 19.2 Å². The van der Waals surface area contributed by atoms with Crippen molar-refractivity contribution < 1.29 is 8.42 Å². The van der Waals surface area contributed by atoms with Crippen LogP contribution in [-0.4, -0.2) is 38.6 Å². The molecule has 0 aliphatic carbocycles. The maximum Gasteiger partial charge on any atom is 0.215 e. The van der Waals surface area contributed by atoms with Crippen molar-refractivity contribution in [1.29, 1.82) is 0 Å². The summed E-state index contributed by atoms with van der Waals surface area (Å²) in [5, 5.41) is 3.72. The highest BCUT2D eigenvalue weighted by Crippen LogP contribution is 2.23. The summed E-state index contributed by atoms with van der Waals surface area (Å²) in [4.78, 5) is 0. The Labute approximate surface area is 127 Å². The first-order valence-corrected chi connectivity index (χ1v) is 8.79. The second-order valence-electron chi connectivity index (χ2n) is 4.81. The first kappa shape index (κ1) is 17.4. The Hall–Kier alpha value is -0.620. The maximum atomic E-state index is 12.2. The summed E-state index contributed by atoms with van der Waals surface area (Å²) < 4.78 is 25.9. The molecule has 0 fully saturated rings. The summed E-state index contributed by atoms with van der Waals surface area (Å²) in [6.45, 7) is 5.23. The number of hydrogen-bond acceptors (Lipinski definition) is 3. The Bertz CT molecular complexity index is 520. The van der Waals surface area contributed by atoms with Gasteiger partial charge in [0.1, 0.15) is 0 Å². The van der Waals surface area contributed by atoms with Crippen molar-refractivity contribution in [3.05, 3.63) is 34.9 Å². The van der Waals surface area contributed by atoms with Crippen LogP contribution in [0.1, 0.15) is 31.9 Å². The smallest absolute Gasteiger partial charge is 0.215 e. The summed E-state index contributed by atoms with van der Waals surface area (Å²) in [5.74, 6) is 0.106. The summed E-state index contributed by atoms with van der Waals surface area (Å²) in [6, 6.07) is 7.06. The van der Waals surface area contributed by atoms with E-state index in [0.29, 0.717) is 11.6 Å². The molecule has 1 N–H and O–H groups in total. The minimum atomic E-state index is -3.27. The van der Waals surface area contributed by atoms with E-state index in [1.807, 2.05) is 19.1 Å². The van der Waals surface area contributed by atoms with E-state index in [2.05, 4.69) is 12.2 Å². The molecule has 1 atom stereocenters. The summed E-state index contributed by atoms with van der Waals surface area (Å²) in [5.41, 5.74) is 0.894. The van der Waals surface area contributed by atoms with Crippen LogP contribution in [0.5, 0.6) is 0 Å². The third-order valence-electron chi connectivity index (χ3n) is 3.28. The lowest BCUT2D eigenvalue weighted by Crippen LogP contribution is -2.35. The molecule has 20 heavy (non-hydrogen) atoms. The SMILES string of the molecule is CCCNCCS(=O)(=O)N(C)C(C)c1cccc(Cl)c1. The quantitative estimate of drug-likeness (QED) is 0.750. The molecular weight excluding hydrogens is 296 g/mol. The van der Waals surface area contributed by atoms with Gasteiger partial charge in [0.15, 0.2) is 0 Å². The van der Waals surface area contributed by atoms with Crippen molar-refractivity contribution in [2.45, 2.75) is 26.3 Å². The Kier molecular flexibility index (Phi) is 6.95. The molecule has 0 aromatic heterocycles. The zero-order valence-corrected chi connectivity index (χ0v) is 13.8. The molecule has 0 bridgehead atoms. The molecule has 0 amide bonds. The number of nitrogens with one attached hydrogen (secondary N) is 1. The summed E-state index contributed by atoms with van der Waals surface area (Å²) in [7, 11) is -1.66. The third kappa shape index (κ3) is 5.05. The van der Waals surface area contributed by atoms with Crippen molar-refractivity contribution >= 4 is 21.6 Å². The predicted octanol–water partition coefficient (Wildman–Crippen LogP) is 2.66. The van der Waals surface area contributed by atoms with Crippen LogP contribution in [0.2, 0.25) is 5.02 Å². The molecular formula is C14H23ClN2O2S. The third-order valence-corrected chi connectivity index (χ3v) is 5.43. The highest BCUT2D eigenvalue weighted by atomic mass is 35.5. The molecule has 0 aliphatic rings. The molecule has 4 nitrogen and oxygen atoms in total. The van der Waals surface area contributed by atoms with Crippen molar-refractivity contribution in [2.75, 3.05) is 25.9 Å². The second kappa shape index (κ2) is 7.98. The molecule has 6 heteroatoms.